The van der Waals surface area contributed by atoms with E-state index in [0.29, 0.717) is 18.4 Å². The molecule has 0 radical (unpaired) electrons. The van der Waals surface area contributed by atoms with E-state index >= 15 is 0 Å². The quantitative estimate of drug-likeness (QED) is 0.517. The van der Waals surface area contributed by atoms with Gasteiger partial charge in [-0.3, -0.25) is 4.79 Å². The lowest BCUT2D eigenvalue weighted by atomic mass is 10.3. The first kappa shape index (κ1) is 21.8. The second-order valence-corrected chi connectivity index (χ2v) is 8.98. The largest absolute Gasteiger partial charge is 0.495 e. The summed E-state index contributed by atoms with van der Waals surface area (Å²) < 4.78 is 37.9. The lowest BCUT2D eigenvalue weighted by Gasteiger charge is -2.26. The van der Waals surface area contributed by atoms with Crippen LogP contribution in [0, 0.1) is 0 Å². The van der Waals surface area contributed by atoms with Gasteiger partial charge in [0.05, 0.1) is 31.5 Å². The Morgan fingerprint density at radius 1 is 1.34 bits per heavy atom. The van der Waals surface area contributed by atoms with E-state index in [1.807, 2.05) is 0 Å². The molecule has 1 N–H and O–H groups in total. The van der Waals surface area contributed by atoms with Crippen LogP contribution in [-0.2, 0) is 14.8 Å². The molecular weight excluding hydrogens is 440 g/mol. The van der Waals surface area contributed by atoms with Crippen molar-refractivity contribution in [3.63, 3.8) is 0 Å². The molecule has 2 aromatic rings. The number of hydrogen-bond donors (Lipinski definition) is 1. The molecule has 9 nitrogen and oxygen atoms in total. The number of nitrogens with zero attached hydrogens (tertiary/aromatic N) is 3. The van der Waals surface area contributed by atoms with E-state index in [1.54, 1.807) is 12.3 Å². The highest BCUT2D eigenvalue weighted by Crippen LogP contribution is 2.30. The predicted octanol–water partition coefficient (Wildman–Crippen LogP) is 2.13. The maximum Gasteiger partial charge on any atom is 0.275 e. The van der Waals surface area contributed by atoms with Crippen LogP contribution >= 0.6 is 23.4 Å². The molecule has 2 heterocycles. The van der Waals surface area contributed by atoms with Crippen LogP contribution in [0.4, 0.5) is 5.69 Å². The molecule has 156 valence electrons. The van der Waals surface area contributed by atoms with Crippen molar-refractivity contribution in [1.29, 1.82) is 0 Å². The number of thioether (sulfide) groups is 1. The maximum atomic E-state index is 13.0. The minimum Gasteiger partial charge on any atom is -0.495 e. The number of halogens is 1. The second-order valence-electron chi connectivity index (χ2n) is 5.89. The number of morpholine rings is 1. The molecule has 29 heavy (non-hydrogen) atoms. The van der Waals surface area contributed by atoms with Crippen LogP contribution in [0.15, 0.2) is 34.4 Å². The van der Waals surface area contributed by atoms with E-state index in [1.165, 1.54) is 41.5 Å². The lowest BCUT2D eigenvalue weighted by molar-refractivity contribution is 0.0729. The lowest BCUT2D eigenvalue weighted by Crippen LogP contribution is -2.40. The number of carbonyl (C=O) groups is 1. The third-order valence-electron chi connectivity index (χ3n) is 4.13. The van der Waals surface area contributed by atoms with Gasteiger partial charge in [0.2, 0.25) is 10.0 Å². The maximum absolute atomic E-state index is 13.0. The van der Waals surface area contributed by atoms with E-state index in [4.69, 9.17) is 21.1 Å². The number of anilines is 1. The van der Waals surface area contributed by atoms with Crippen LogP contribution in [0.1, 0.15) is 10.5 Å². The molecule has 1 aromatic carbocycles. The summed E-state index contributed by atoms with van der Waals surface area (Å²) in [6.45, 7) is 1.13. The summed E-state index contributed by atoms with van der Waals surface area (Å²) in [6, 6.07) is 4.38. The van der Waals surface area contributed by atoms with Crippen LogP contribution in [0.5, 0.6) is 5.75 Å². The highest BCUT2D eigenvalue weighted by atomic mass is 35.5. The molecule has 0 spiro atoms. The van der Waals surface area contributed by atoms with Crippen LogP contribution in [0.25, 0.3) is 0 Å². The van der Waals surface area contributed by atoms with Crippen LogP contribution in [-0.4, -0.2) is 68.3 Å². The summed E-state index contributed by atoms with van der Waals surface area (Å²) in [6.07, 6.45) is 3.12. The fourth-order valence-corrected chi connectivity index (χ4v) is 4.79. The number of ether oxygens (including phenoxy) is 2. The Labute approximate surface area is 177 Å². The van der Waals surface area contributed by atoms with Gasteiger partial charge in [-0.15, -0.1) is 0 Å². The Hall–Kier alpha value is -1.92. The van der Waals surface area contributed by atoms with Gasteiger partial charge in [0.15, 0.2) is 10.9 Å². The summed E-state index contributed by atoms with van der Waals surface area (Å²) in [4.78, 5) is 20.7. The molecule has 1 aromatic heterocycles. The molecular formula is C17H19ClN4O5S2. The van der Waals surface area contributed by atoms with Crippen molar-refractivity contribution in [3.8, 4) is 5.75 Å². The molecule has 0 atom stereocenters. The molecule has 1 fully saturated rings. The topological polar surface area (TPSA) is 111 Å². The smallest absolute Gasteiger partial charge is 0.275 e. The Balaban J connectivity index is 1.92. The fraction of sp³-hybridized carbons (Fsp3) is 0.353. The Bertz CT molecular complexity index is 1010. The standard InChI is InChI=1S/C17H19ClN4O5S2/c1-26-13-4-3-11(9-14(13)29(24,25)22-5-7-27-8-6-22)20-16(23)15-12(18)10-19-17(21-15)28-2/h3-4,9-10H,5-8H2,1-2H3,(H,20,23). The van der Waals surface area contributed by atoms with Gasteiger partial charge in [-0.2, -0.15) is 4.31 Å². The Morgan fingerprint density at radius 3 is 2.72 bits per heavy atom. The van der Waals surface area contributed by atoms with Crippen LogP contribution in [0.3, 0.4) is 0 Å². The molecule has 12 heteroatoms. The summed E-state index contributed by atoms with van der Waals surface area (Å²) >= 11 is 7.31. The Morgan fingerprint density at radius 2 is 2.07 bits per heavy atom. The molecule has 0 aliphatic carbocycles. The van der Waals surface area contributed by atoms with Gasteiger partial charge < -0.3 is 14.8 Å². The van der Waals surface area contributed by atoms with E-state index in [-0.39, 0.29) is 40.1 Å². The van der Waals surface area contributed by atoms with Crippen LogP contribution < -0.4 is 10.1 Å². The zero-order valence-electron chi connectivity index (χ0n) is 15.7. The van der Waals surface area contributed by atoms with Gasteiger partial charge in [0, 0.05) is 18.8 Å². The average molecular weight is 459 g/mol. The van der Waals surface area contributed by atoms with E-state index in [0.717, 1.165) is 0 Å². The number of nitrogens with one attached hydrogen (secondary N) is 1. The van der Waals surface area contributed by atoms with Gasteiger partial charge in [-0.1, -0.05) is 23.4 Å². The van der Waals surface area contributed by atoms with Crippen molar-refractivity contribution in [2.45, 2.75) is 10.1 Å². The number of methoxy groups -OCH3 is 1. The van der Waals surface area contributed by atoms with Gasteiger partial charge in [-0.25, -0.2) is 18.4 Å². The number of benzene rings is 1. The fourth-order valence-electron chi connectivity index (χ4n) is 2.68. The molecule has 0 saturated carbocycles. The summed E-state index contributed by atoms with van der Waals surface area (Å²) in [5.74, 6) is -0.396. The van der Waals surface area contributed by atoms with Gasteiger partial charge in [0.1, 0.15) is 10.6 Å². The number of rotatable bonds is 6. The number of amides is 1. The molecule has 1 aliphatic heterocycles. The summed E-state index contributed by atoms with van der Waals surface area (Å²) in [5, 5.41) is 3.12. The normalized spacial score (nSPS) is 15.1. The molecule has 1 saturated heterocycles. The molecule has 1 amide bonds. The highest BCUT2D eigenvalue weighted by Gasteiger charge is 2.29. The minimum atomic E-state index is -3.82. The molecule has 0 bridgehead atoms. The highest BCUT2D eigenvalue weighted by molar-refractivity contribution is 7.98. The van der Waals surface area contributed by atoms with Crippen LogP contribution in [0.2, 0.25) is 5.02 Å². The van der Waals surface area contributed by atoms with Gasteiger partial charge >= 0.3 is 0 Å². The van der Waals surface area contributed by atoms with Gasteiger partial charge in [-0.05, 0) is 24.5 Å². The van der Waals surface area contributed by atoms with Crippen molar-refractivity contribution < 1.29 is 22.7 Å². The van der Waals surface area contributed by atoms with Crippen molar-refractivity contribution in [2.24, 2.45) is 0 Å². The first-order chi connectivity index (χ1) is 13.9. The summed E-state index contributed by atoms with van der Waals surface area (Å²) in [5.41, 5.74) is 0.266. The molecule has 3 rings (SSSR count). The van der Waals surface area contributed by atoms with Gasteiger partial charge in [0.25, 0.3) is 5.91 Å². The molecule has 0 unspecified atom stereocenters. The second kappa shape index (κ2) is 9.26. The van der Waals surface area contributed by atoms with E-state index in [2.05, 4.69) is 15.3 Å². The number of hydrogen-bond acceptors (Lipinski definition) is 8. The van der Waals surface area contributed by atoms with Crippen molar-refractivity contribution in [2.75, 3.05) is 45.0 Å². The monoisotopic (exact) mass is 458 g/mol. The van der Waals surface area contributed by atoms with E-state index in [9.17, 15) is 13.2 Å². The zero-order chi connectivity index (χ0) is 21.0. The minimum absolute atomic E-state index is 0.000536. The third kappa shape index (κ3) is 4.81. The predicted molar refractivity (Wildman–Crippen MR) is 109 cm³/mol. The summed E-state index contributed by atoms with van der Waals surface area (Å²) in [7, 11) is -2.44. The van der Waals surface area contributed by atoms with Crippen molar-refractivity contribution in [3.05, 3.63) is 35.1 Å². The third-order valence-corrected chi connectivity index (χ3v) is 6.89. The van der Waals surface area contributed by atoms with E-state index < -0.39 is 15.9 Å². The van der Waals surface area contributed by atoms with Crippen molar-refractivity contribution >= 4 is 45.0 Å². The first-order valence-corrected chi connectivity index (χ1v) is 11.5. The number of sulfonamides is 1. The zero-order valence-corrected chi connectivity index (χ0v) is 18.1. The first-order valence-electron chi connectivity index (χ1n) is 8.50. The average Bonchev–Trinajstić information content (AvgIpc) is 2.74. The Kier molecular flexibility index (Phi) is 6.96. The molecule has 1 aliphatic rings. The van der Waals surface area contributed by atoms with Crippen molar-refractivity contribution in [1.82, 2.24) is 14.3 Å². The SMILES string of the molecule is COc1ccc(NC(=O)c2nc(SC)ncc2Cl)cc1S(=O)(=O)N1CCOCC1. The number of carbonyl (C=O) groups excluding carboxylic acids is 1. The number of aromatic nitrogens is 2.